The summed E-state index contributed by atoms with van der Waals surface area (Å²) in [6.07, 6.45) is -0.726. The van der Waals surface area contributed by atoms with Gasteiger partial charge in [0.05, 0.1) is 0 Å². The molecule has 122 valence electrons. The Morgan fingerprint density at radius 2 is 1.65 bits per heavy atom. The van der Waals surface area contributed by atoms with E-state index in [-0.39, 0.29) is 5.91 Å². The fourth-order valence-electron chi connectivity index (χ4n) is 1.91. The summed E-state index contributed by atoms with van der Waals surface area (Å²) < 4.78 is 5.64. The lowest BCUT2D eigenvalue weighted by molar-refractivity contribution is -0.136. The molecule has 0 aliphatic heterocycles. The molecule has 5 heteroatoms. The molecule has 0 unspecified atom stereocenters. The van der Waals surface area contributed by atoms with E-state index in [0.29, 0.717) is 5.75 Å². The molecule has 0 heterocycles. The first-order valence-corrected chi connectivity index (χ1v) is 7.53. The van der Waals surface area contributed by atoms with Gasteiger partial charge in [0.15, 0.2) is 6.10 Å². The Morgan fingerprint density at radius 3 is 2.30 bits per heavy atom. The zero-order valence-corrected chi connectivity index (χ0v) is 13.8. The molecule has 5 nitrogen and oxygen atoms in total. The summed E-state index contributed by atoms with van der Waals surface area (Å²) in [6.45, 7) is 6.93. The van der Waals surface area contributed by atoms with E-state index in [1.165, 1.54) is 0 Å². The molecular formula is C18H22N2O3. The van der Waals surface area contributed by atoms with Gasteiger partial charge >= 0.3 is 0 Å². The van der Waals surface area contributed by atoms with Crippen molar-refractivity contribution < 1.29 is 14.3 Å². The molecule has 0 spiro atoms. The van der Waals surface area contributed by atoms with Crippen molar-refractivity contribution in [2.45, 2.75) is 33.8 Å². The first-order valence-electron chi connectivity index (χ1n) is 7.53. The lowest BCUT2D eigenvalue weighted by atomic mass is 9.96. The zero-order chi connectivity index (χ0) is 17.0. The highest BCUT2D eigenvalue weighted by atomic mass is 16.5. The predicted molar refractivity (Wildman–Crippen MR) is 89.8 cm³/mol. The van der Waals surface area contributed by atoms with E-state index in [9.17, 15) is 9.59 Å². The molecule has 2 aromatic rings. The number of carbonyl (C=O) groups excluding carboxylic acids is 2. The summed E-state index contributed by atoms with van der Waals surface area (Å²) >= 11 is 0. The second-order valence-electron chi connectivity index (χ2n) is 6.46. The van der Waals surface area contributed by atoms with Crippen LogP contribution in [0.1, 0.15) is 27.7 Å². The van der Waals surface area contributed by atoms with Crippen LogP contribution in [0, 0.1) is 5.41 Å². The number of rotatable bonds is 3. The Balaban J connectivity index is 1.95. The van der Waals surface area contributed by atoms with Gasteiger partial charge in [-0.25, -0.2) is 0 Å². The molecular weight excluding hydrogens is 292 g/mol. The highest BCUT2D eigenvalue weighted by Gasteiger charge is 2.23. The van der Waals surface area contributed by atoms with Crippen molar-refractivity contribution >= 4 is 22.6 Å². The van der Waals surface area contributed by atoms with E-state index < -0.39 is 17.4 Å². The number of nitrogens with one attached hydrogen (secondary N) is 2. The van der Waals surface area contributed by atoms with Crippen molar-refractivity contribution in [3.05, 3.63) is 42.5 Å². The summed E-state index contributed by atoms with van der Waals surface area (Å²) in [6, 6.07) is 13.6. The Kier molecular flexibility index (Phi) is 4.89. The van der Waals surface area contributed by atoms with Crippen LogP contribution in [0.4, 0.5) is 0 Å². The number of amides is 2. The lowest BCUT2D eigenvalue weighted by Crippen LogP contribution is -2.50. The number of benzene rings is 2. The second-order valence-corrected chi connectivity index (χ2v) is 6.46. The minimum Gasteiger partial charge on any atom is -0.481 e. The Hall–Kier alpha value is -2.56. The zero-order valence-electron chi connectivity index (χ0n) is 13.8. The summed E-state index contributed by atoms with van der Waals surface area (Å²) in [5.74, 6) is -0.0620. The first-order chi connectivity index (χ1) is 10.8. The summed E-state index contributed by atoms with van der Waals surface area (Å²) in [5, 5.41) is 2.15. The molecule has 0 aliphatic carbocycles. The average Bonchev–Trinajstić information content (AvgIpc) is 2.51. The third-order valence-corrected chi connectivity index (χ3v) is 3.38. The van der Waals surface area contributed by atoms with Crippen LogP contribution in [-0.2, 0) is 9.59 Å². The van der Waals surface area contributed by atoms with Crippen LogP contribution in [0.3, 0.4) is 0 Å². The highest BCUT2D eigenvalue weighted by molar-refractivity contribution is 5.87. The Labute approximate surface area is 136 Å². The molecule has 0 radical (unpaired) electrons. The maximum Gasteiger partial charge on any atom is 0.279 e. The fraction of sp³-hybridized carbons (Fsp3) is 0.333. The minimum absolute atomic E-state index is 0.260. The van der Waals surface area contributed by atoms with Gasteiger partial charge in [-0.15, -0.1) is 0 Å². The van der Waals surface area contributed by atoms with Crippen molar-refractivity contribution in [3.63, 3.8) is 0 Å². The van der Waals surface area contributed by atoms with E-state index >= 15 is 0 Å². The van der Waals surface area contributed by atoms with E-state index in [2.05, 4.69) is 10.9 Å². The van der Waals surface area contributed by atoms with Crippen LogP contribution in [0.25, 0.3) is 10.8 Å². The van der Waals surface area contributed by atoms with Crippen LogP contribution in [0.5, 0.6) is 5.75 Å². The van der Waals surface area contributed by atoms with Crippen LogP contribution >= 0.6 is 0 Å². The number of ether oxygens (including phenoxy) is 1. The molecule has 2 rings (SSSR count). The van der Waals surface area contributed by atoms with Crippen molar-refractivity contribution in [2.24, 2.45) is 5.41 Å². The van der Waals surface area contributed by atoms with E-state index in [4.69, 9.17) is 4.74 Å². The van der Waals surface area contributed by atoms with Gasteiger partial charge in [0, 0.05) is 5.41 Å². The SMILES string of the molecule is C[C@@H](Oc1ccc2ccccc2c1)C(=O)NNC(=O)C(C)(C)C. The third-order valence-electron chi connectivity index (χ3n) is 3.38. The van der Waals surface area contributed by atoms with Gasteiger partial charge in [0.25, 0.3) is 5.91 Å². The van der Waals surface area contributed by atoms with E-state index in [1.54, 1.807) is 27.7 Å². The van der Waals surface area contributed by atoms with Crippen LogP contribution in [-0.4, -0.2) is 17.9 Å². The number of hydrogen-bond donors (Lipinski definition) is 2. The second kappa shape index (κ2) is 6.69. The van der Waals surface area contributed by atoms with Crippen LogP contribution in [0.2, 0.25) is 0 Å². The lowest BCUT2D eigenvalue weighted by Gasteiger charge is -2.20. The van der Waals surface area contributed by atoms with Crippen LogP contribution < -0.4 is 15.6 Å². The summed E-state index contributed by atoms with van der Waals surface area (Å²) in [5.41, 5.74) is 4.21. The van der Waals surface area contributed by atoms with E-state index in [1.807, 2.05) is 42.5 Å². The molecule has 2 N–H and O–H groups in total. The Bertz CT molecular complexity index is 720. The van der Waals surface area contributed by atoms with E-state index in [0.717, 1.165) is 10.8 Å². The molecule has 23 heavy (non-hydrogen) atoms. The van der Waals surface area contributed by atoms with Crippen molar-refractivity contribution in [1.82, 2.24) is 10.9 Å². The first kappa shape index (κ1) is 16.8. The van der Waals surface area contributed by atoms with Gasteiger partial charge in [-0.05, 0) is 29.8 Å². The molecule has 0 aliphatic rings. The third kappa shape index (κ3) is 4.45. The summed E-state index contributed by atoms with van der Waals surface area (Å²) in [4.78, 5) is 23.7. The van der Waals surface area contributed by atoms with Crippen LogP contribution in [0.15, 0.2) is 42.5 Å². The normalized spacial score (nSPS) is 12.5. The van der Waals surface area contributed by atoms with Crippen molar-refractivity contribution in [1.29, 1.82) is 0 Å². The standard InChI is InChI=1S/C18H22N2O3/c1-12(16(21)19-20-17(22)18(2,3)4)23-15-10-9-13-7-5-6-8-14(13)11-15/h5-12H,1-4H3,(H,19,21)(H,20,22)/t12-/m1/s1. The quantitative estimate of drug-likeness (QED) is 0.856. The average molecular weight is 314 g/mol. The largest absolute Gasteiger partial charge is 0.481 e. The van der Waals surface area contributed by atoms with Gasteiger partial charge < -0.3 is 4.74 Å². The molecule has 0 aromatic heterocycles. The van der Waals surface area contributed by atoms with Crippen molar-refractivity contribution in [3.8, 4) is 5.75 Å². The smallest absolute Gasteiger partial charge is 0.279 e. The molecule has 0 fully saturated rings. The maximum atomic E-state index is 12.0. The monoisotopic (exact) mass is 314 g/mol. The summed E-state index contributed by atoms with van der Waals surface area (Å²) in [7, 11) is 0. The van der Waals surface area contributed by atoms with Crippen molar-refractivity contribution in [2.75, 3.05) is 0 Å². The Morgan fingerprint density at radius 1 is 1.00 bits per heavy atom. The number of hydrogen-bond acceptors (Lipinski definition) is 3. The number of hydrazine groups is 1. The molecule has 2 aromatic carbocycles. The van der Waals surface area contributed by atoms with Gasteiger partial charge in [-0.3, -0.25) is 20.4 Å². The molecule has 0 saturated carbocycles. The van der Waals surface area contributed by atoms with Gasteiger partial charge in [0.2, 0.25) is 5.91 Å². The topological polar surface area (TPSA) is 67.4 Å². The molecule has 1 atom stereocenters. The number of fused-ring (bicyclic) bond motifs is 1. The molecule has 2 amide bonds. The predicted octanol–water partition coefficient (Wildman–Crippen LogP) is 2.80. The van der Waals surface area contributed by atoms with Gasteiger partial charge in [0.1, 0.15) is 5.75 Å². The minimum atomic E-state index is -0.726. The number of carbonyl (C=O) groups is 2. The maximum absolute atomic E-state index is 12.0. The van der Waals surface area contributed by atoms with Gasteiger partial charge in [-0.2, -0.15) is 0 Å². The highest BCUT2D eigenvalue weighted by Crippen LogP contribution is 2.21. The molecule has 0 saturated heterocycles. The molecule has 0 bridgehead atoms. The fourth-order valence-corrected chi connectivity index (χ4v) is 1.91. The van der Waals surface area contributed by atoms with Gasteiger partial charge in [-0.1, -0.05) is 51.1 Å².